The number of nitrogens with zero attached hydrogens (tertiary/aromatic N) is 7. The number of alkyl halides is 2. The molecule has 0 aliphatic carbocycles. The highest BCUT2D eigenvalue weighted by molar-refractivity contribution is 6.31. The first-order valence-corrected chi connectivity index (χ1v) is 10.6. The minimum atomic E-state index is -2.70. The maximum atomic E-state index is 13.5. The van der Waals surface area contributed by atoms with Crippen LogP contribution in [-0.4, -0.2) is 37.7 Å². The average Bonchev–Trinajstić information content (AvgIpc) is 3.27. The number of aromatic nitrogens is 5. The van der Waals surface area contributed by atoms with Crippen molar-refractivity contribution in [2.24, 2.45) is 5.92 Å². The third-order valence-corrected chi connectivity index (χ3v) is 6.30. The van der Waals surface area contributed by atoms with Crippen LogP contribution in [0.15, 0.2) is 36.7 Å². The lowest BCUT2D eigenvalue weighted by Gasteiger charge is -2.38. The van der Waals surface area contributed by atoms with Crippen molar-refractivity contribution in [3.8, 4) is 6.07 Å². The first-order valence-electron chi connectivity index (χ1n) is 10.2. The van der Waals surface area contributed by atoms with Crippen LogP contribution in [-0.2, 0) is 0 Å². The quantitative estimate of drug-likeness (QED) is 0.444. The van der Waals surface area contributed by atoms with E-state index in [0.717, 1.165) is 13.0 Å². The molecule has 0 bridgehead atoms. The Morgan fingerprint density at radius 2 is 2.06 bits per heavy atom. The highest BCUT2D eigenvalue weighted by Crippen LogP contribution is 2.36. The molecule has 2 atom stereocenters. The van der Waals surface area contributed by atoms with E-state index < -0.39 is 6.43 Å². The molecule has 32 heavy (non-hydrogen) atoms. The van der Waals surface area contributed by atoms with Gasteiger partial charge in [-0.15, -0.1) is 0 Å². The van der Waals surface area contributed by atoms with Gasteiger partial charge < -0.3 is 4.90 Å². The second kappa shape index (κ2) is 7.95. The molecule has 1 unspecified atom stereocenters. The number of anilines is 1. The molecular weight excluding hydrogens is 436 g/mol. The molecule has 10 heteroatoms. The molecule has 7 nitrogen and oxygen atoms in total. The van der Waals surface area contributed by atoms with Crippen LogP contribution in [0.2, 0.25) is 5.02 Å². The maximum Gasteiger partial charge on any atom is 0.280 e. The summed E-state index contributed by atoms with van der Waals surface area (Å²) >= 11 is 6.09. The summed E-state index contributed by atoms with van der Waals surface area (Å²) in [5, 5.41) is 15.1. The lowest BCUT2D eigenvalue weighted by atomic mass is 9.84. The summed E-state index contributed by atoms with van der Waals surface area (Å²) in [6.07, 6.45) is -0.547. The van der Waals surface area contributed by atoms with E-state index in [1.165, 1.54) is 16.9 Å². The Hall–Kier alpha value is -3.38. The predicted molar refractivity (Wildman–Crippen MR) is 116 cm³/mol. The molecule has 1 aliphatic heterocycles. The SMILES string of the molecule is CC1CCN(c2cc(C#N)c3cc(Cl)ccc3n2)C[C@H]1c1cc(C(F)F)nc2ncnn12. The molecule has 0 spiro atoms. The summed E-state index contributed by atoms with van der Waals surface area (Å²) < 4.78 is 28.5. The van der Waals surface area contributed by atoms with Crippen molar-refractivity contribution in [3.05, 3.63) is 58.6 Å². The lowest BCUT2D eigenvalue weighted by molar-refractivity contribution is 0.146. The topological polar surface area (TPSA) is 83.0 Å². The van der Waals surface area contributed by atoms with Crippen LogP contribution < -0.4 is 4.90 Å². The molecule has 162 valence electrons. The zero-order valence-electron chi connectivity index (χ0n) is 17.1. The van der Waals surface area contributed by atoms with E-state index in [4.69, 9.17) is 16.6 Å². The van der Waals surface area contributed by atoms with Gasteiger partial charge in [0.15, 0.2) is 0 Å². The molecule has 4 heterocycles. The van der Waals surface area contributed by atoms with E-state index in [1.54, 1.807) is 24.3 Å². The van der Waals surface area contributed by atoms with Gasteiger partial charge in [0.25, 0.3) is 12.2 Å². The van der Waals surface area contributed by atoms with Crippen molar-refractivity contribution in [1.82, 2.24) is 24.6 Å². The molecule has 4 aromatic rings. The van der Waals surface area contributed by atoms with Crippen molar-refractivity contribution in [1.29, 1.82) is 5.26 Å². The molecule has 3 aromatic heterocycles. The van der Waals surface area contributed by atoms with Crippen molar-refractivity contribution < 1.29 is 8.78 Å². The van der Waals surface area contributed by atoms with Crippen molar-refractivity contribution >= 4 is 34.1 Å². The monoisotopic (exact) mass is 453 g/mol. The molecule has 1 aromatic carbocycles. The first-order chi connectivity index (χ1) is 15.4. The van der Waals surface area contributed by atoms with Crippen molar-refractivity contribution in [2.45, 2.75) is 25.7 Å². The first kappa shape index (κ1) is 20.5. The zero-order chi connectivity index (χ0) is 22.4. The highest BCUT2D eigenvalue weighted by atomic mass is 35.5. The Bertz CT molecular complexity index is 1360. The van der Waals surface area contributed by atoms with Gasteiger partial charge >= 0.3 is 0 Å². The van der Waals surface area contributed by atoms with Crippen LogP contribution in [0.4, 0.5) is 14.6 Å². The molecule has 0 saturated carbocycles. The van der Waals surface area contributed by atoms with Crippen molar-refractivity contribution in [2.75, 3.05) is 18.0 Å². The number of piperidine rings is 1. The molecular formula is C22H18ClF2N7. The largest absolute Gasteiger partial charge is 0.356 e. The Morgan fingerprint density at radius 3 is 2.84 bits per heavy atom. The summed E-state index contributed by atoms with van der Waals surface area (Å²) in [5.41, 5.74) is 1.51. The number of benzene rings is 1. The third kappa shape index (κ3) is 3.50. The van der Waals surface area contributed by atoms with Crippen LogP contribution in [0, 0.1) is 17.2 Å². The Kier molecular flexibility index (Phi) is 5.10. The number of hydrogen-bond acceptors (Lipinski definition) is 6. The van der Waals surface area contributed by atoms with E-state index in [1.807, 2.05) is 0 Å². The van der Waals surface area contributed by atoms with Gasteiger partial charge in [0.2, 0.25) is 0 Å². The Morgan fingerprint density at radius 1 is 1.22 bits per heavy atom. The number of nitriles is 1. The fourth-order valence-corrected chi connectivity index (χ4v) is 4.50. The fourth-order valence-electron chi connectivity index (χ4n) is 4.33. The summed E-state index contributed by atoms with van der Waals surface area (Å²) in [4.78, 5) is 14.8. The van der Waals surface area contributed by atoms with Crippen LogP contribution in [0.25, 0.3) is 16.7 Å². The molecule has 1 aliphatic rings. The number of halogens is 3. The van der Waals surface area contributed by atoms with E-state index in [2.05, 4.69) is 33.0 Å². The van der Waals surface area contributed by atoms with Crippen molar-refractivity contribution in [3.63, 3.8) is 0 Å². The van der Waals surface area contributed by atoms with Gasteiger partial charge in [-0.25, -0.2) is 23.3 Å². The summed E-state index contributed by atoms with van der Waals surface area (Å²) in [6, 6.07) is 10.7. The second-order valence-electron chi connectivity index (χ2n) is 8.00. The van der Waals surface area contributed by atoms with E-state index >= 15 is 0 Å². The Balaban J connectivity index is 1.56. The molecule has 1 saturated heterocycles. The van der Waals surface area contributed by atoms with Crippen LogP contribution in [0.3, 0.4) is 0 Å². The summed E-state index contributed by atoms with van der Waals surface area (Å²) in [7, 11) is 0. The second-order valence-corrected chi connectivity index (χ2v) is 8.43. The van der Waals surface area contributed by atoms with E-state index in [-0.39, 0.29) is 23.3 Å². The molecule has 5 rings (SSSR count). The predicted octanol–water partition coefficient (Wildman–Crippen LogP) is 4.77. The maximum absolute atomic E-state index is 13.5. The van der Waals surface area contributed by atoms with Gasteiger partial charge in [-0.1, -0.05) is 18.5 Å². The van der Waals surface area contributed by atoms with E-state index in [9.17, 15) is 14.0 Å². The standard InChI is InChI=1S/C22H18ClF2N7/c1-12-4-5-31(20-6-13(9-26)15-7-14(23)2-3-17(15)29-20)10-16(12)19-8-18(21(24)25)30-22-27-11-28-32(19)22/h2-3,6-8,11-12,16,21H,4-5,10H2,1H3/t12?,16-/m1/s1. The van der Waals surface area contributed by atoms with Crippen LogP contribution in [0.5, 0.6) is 0 Å². The molecule has 1 fully saturated rings. The van der Waals surface area contributed by atoms with Gasteiger partial charge in [0.05, 0.1) is 22.8 Å². The van der Waals surface area contributed by atoms with Gasteiger partial charge in [-0.2, -0.15) is 15.3 Å². The van der Waals surface area contributed by atoms with Gasteiger partial charge in [0, 0.05) is 29.4 Å². The highest BCUT2D eigenvalue weighted by Gasteiger charge is 2.32. The molecule has 0 amide bonds. The number of hydrogen-bond donors (Lipinski definition) is 0. The summed E-state index contributed by atoms with van der Waals surface area (Å²) in [5.74, 6) is 0.962. The minimum Gasteiger partial charge on any atom is -0.356 e. The third-order valence-electron chi connectivity index (χ3n) is 6.06. The van der Waals surface area contributed by atoms with Crippen LogP contribution in [0.1, 0.15) is 42.6 Å². The lowest BCUT2D eigenvalue weighted by Crippen LogP contribution is -2.39. The van der Waals surface area contributed by atoms with Gasteiger partial charge in [-0.3, -0.25) is 0 Å². The van der Waals surface area contributed by atoms with Gasteiger partial charge in [-0.05, 0) is 42.7 Å². The number of fused-ring (bicyclic) bond motifs is 2. The van der Waals surface area contributed by atoms with Gasteiger partial charge in [0.1, 0.15) is 17.8 Å². The number of pyridine rings is 1. The normalized spacial score (nSPS) is 19.1. The average molecular weight is 454 g/mol. The zero-order valence-corrected chi connectivity index (χ0v) is 17.8. The Labute approximate surface area is 187 Å². The van der Waals surface area contributed by atoms with Crippen LogP contribution >= 0.6 is 11.6 Å². The van der Waals surface area contributed by atoms with E-state index in [0.29, 0.717) is 39.5 Å². The smallest absolute Gasteiger partial charge is 0.280 e. The minimum absolute atomic E-state index is 0.0956. The summed E-state index contributed by atoms with van der Waals surface area (Å²) in [6.45, 7) is 3.38. The fraction of sp³-hybridized carbons (Fsp3) is 0.318. The molecule has 0 N–H and O–H groups in total. The number of rotatable bonds is 3. The molecule has 0 radical (unpaired) electrons.